The van der Waals surface area contributed by atoms with Gasteiger partial charge in [0.05, 0.1) is 6.61 Å². The molecule has 0 radical (unpaired) electrons. The number of ether oxygens (including phenoxy) is 2. The first kappa shape index (κ1) is 23.0. The van der Waals surface area contributed by atoms with Gasteiger partial charge < -0.3 is 25.2 Å². The second-order valence-electron chi connectivity index (χ2n) is 7.42. The van der Waals surface area contributed by atoms with Gasteiger partial charge in [-0.05, 0) is 29.2 Å². The average Bonchev–Trinajstić information content (AvgIpc) is 3.11. The Kier molecular flexibility index (Phi) is 7.62. The molecule has 0 fully saturated rings. The van der Waals surface area contributed by atoms with Gasteiger partial charge in [0.25, 0.3) is 0 Å². The second kappa shape index (κ2) is 10.6. The van der Waals surface area contributed by atoms with Crippen LogP contribution >= 0.6 is 0 Å². The molecule has 168 valence electrons. The molecule has 1 aliphatic carbocycles. The van der Waals surface area contributed by atoms with Crippen molar-refractivity contribution in [3.05, 3.63) is 71.3 Å². The molecular weight excluding hydrogens is 412 g/mol. The fourth-order valence-electron chi connectivity index (χ4n) is 3.65. The maximum atomic E-state index is 12.4. The molecule has 2 amide bonds. The van der Waals surface area contributed by atoms with Crippen LogP contribution in [0.1, 0.15) is 24.0 Å². The number of amides is 2. The van der Waals surface area contributed by atoms with E-state index in [1.54, 1.807) is 0 Å². The molecule has 1 unspecified atom stereocenters. The Balaban J connectivity index is 1.60. The van der Waals surface area contributed by atoms with Crippen LogP contribution in [0.3, 0.4) is 0 Å². The number of carbonyl (C=O) groups is 3. The first-order chi connectivity index (χ1) is 15.4. The molecule has 1 atom stereocenters. The standard InChI is InChI=1S/C24H26N2O6/c1-15(23(28)29)11-12-25-22(27)21(14-31-2)26-24(30)32-13-20-18-9-5-3-7-16(18)17-8-4-6-10-19(17)20/h3-11,20-21H,12-14H2,1-2H3,(H,25,27)(H,26,30)(H,28,29)/b15-11+. The van der Waals surface area contributed by atoms with Crippen LogP contribution < -0.4 is 10.6 Å². The van der Waals surface area contributed by atoms with Crippen LogP contribution in [0.2, 0.25) is 0 Å². The molecule has 2 aromatic rings. The molecule has 32 heavy (non-hydrogen) atoms. The molecule has 0 saturated carbocycles. The highest BCUT2D eigenvalue weighted by Gasteiger charge is 2.29. The van der Waals surface area contributed by atoms with Crippen molar-refractivity contribution in [1.82, 2.24) is 10.6 Å². The number of nitrogens with one attached hydrogen (secondary N) is 2. The van der Waals surface area contributed by atoms with Crippen molar-refractivity contribution in [1.29, 1.82) is 0 Å². The van der Waals surface area contributed by atoms with E-state index in [1.165, 1.54) is 20.1 Å². The summed E-state index contributed by atoms with van der Waals surface area (Å²) in [7, 11) is 1.41. The Hall–Kier alpha value is -3.65. The molecule has 0 aromatic heterocycles. The van der Waals surface area contributed by atoms with Crippen molar-refractivity contribution >= 4 is 18.0 Å². The summed E-state index contributed by atoms with van der Waals surface area (Å²) in [6.45, 7) is 1.51. The van der Waals surface area contributed by atoms with Crippen molar-refractivity contribution in [2.24, 2.45) is 0 Å². The number of carboxylic acids is 1. The lowest BCUT2D eigenvalue weighted by molar-refractivity contribution is -0.132. The van der Waals surface area contributed by atoms with E-state index >= 15 is 0 Å². The van der Waals surface area contributed by atoms with Crippen LogP contribution in [0.5, 0.6) is 0 Å². The van der Waals surface area contributed by atoms with Gasteiger partial charge in [0.2, 0.25) is 5.91 Å². The minimum atomic E-state index is -1.07. The van der Waals surface area contributed by atoms with E-state index in [0.29, 0.717) is 0 Å². The number of hydrogen-bond acceptors (Lipinski definition) is 5. The van der Waals surface area contributed by atoms with Crippen molar-refractivity contribution in [2.75, 3.05) is 26.9 Å². The summed E-state index contributed by atoms with van der Waals surface area (Å²) in [5.41, 5.74) is 4.54. The predicted octanol–water partition coefficient (Wildman–Crippen LogP) is 2.69. The predicted molar refractivity (Wildman–Crippen MR) is 118 cm³/mol. The summed E-state index contributed by atoms with van der Waals surface area (Å²) in [6, 6.07) is 15.0. The quantitative estimate of drug-likeness (QED) is 0.519. The molecule has 8 nitrogen and oxygen atoms in total. The molecule has 0 spiro atoms. The molecule has 0 aliphatic heterocycles. The molecule has 0 heterocycles. The maximum Gasteiger partial charge on any atom is 0.407 e. The third-order valence-corrected chi connectivity index (χ3v) is 5.31. The molecule has 2 aromatic carbocycles. The second-order valence-corrected chi connectivity index (χ2v) is 7.42. The van der Waals surface area contributed by atoms with Crippen molar-refractivity contribution in [3.8, 4) is 11.1 Å². The van der Waals surface area contributed by atoms with Crippen molar-refractivity contribution in [2.45, 2.75) is 18.9 Å². The number of benzene rings is 2. The smallest absolute Gasteiger partial charge is 0.407 e. The highest BCUT2D eigenvalue weighted by atomic mass is 16.5. The Morgan fingerprint density at radius 1 is 1.06 bits per heavy atom. The van der Waals surface area contributed by atoms with Crippen molar-refractivity contribution in [3.63, 3.8) is 0 Å². The fourth-order valence-corrected chi connectivity index (χ4v) is 3.65. The van der Waals surface area contributed by atoms with Gasteiger partial charge in [-0.1, -0.05) is 54.6 Å². The lowest BCUT2D eigenvalue weighted by Gasteiger charge is -2.19. The van der Waals surface area contributed by atoms with Gasteiger partial charge in [0.1, 0.15) is 12.6 Å². The number of fused-ring (bicyclic) bond motifs is 3. The highest BCUT2D eigenvalue weighted by molar-refractivity contribution is 5.87. The van der Waals surface area contributed by atoms with E-state index in [0.717, 1.165) is 22.3 Å². The summed E-state index contributed by atoms with van der Waals surface area (Å²) >= 11 is 0. The Morgan fingerprint density at radius 2 is 1.66 bits per heavy atom. The van der Waals surface area contributed by atoms with E-state index in [1.807, 2.05) is 48.5 Å². The van der Waals surface area contributed by atoms with Gasteiger partial charge in [-0.15, -0.1) is 0 Å². The first-order valence-corrected chi connectivity index (χ1v) is 10.2. The monoisotopic (exact) mass is 438 g/mol. The average molecular weight is 438 g/mol. The number of aliphatic carboxylic acids is 1. The Morgan fingerprint density at radius 3 is 2.22 bits per heavy atom. The molecule has 0 saturated heterocycles. The number of alkyl carbamates (subject to hydrolysis) is 1. The summed E-state index contributed by atoms with van der Waals surface area (Å²) in [5, 5.41) is 13.9. The third-order valence-electron chi connectivity index (χ3n) is 5.31. The summed E-state index contributed by atoms with van der Waals surface area (Å²) in [6.07, 6.45) is 0.638. The van der Waals surface area contributed by atoms with Crippen LogP contribution in [0.25, 0.3) is 11.1 Å². The normalized spacial score (nSPS) is 13.6. The number of methoxy groups -OCH3 is 1. The zero-order valence-corrected chi connectivity index (χ0v) is 18.0. The lowest BCUT2D eigenvalue weighted by atomic mass is 9.98. The summed E-state index contributed by atoms with van der Waals surface area (Å²) in [5.74, 6) is -1.66. The molecular formula is C24H26N2O6. The maximum absolute atomic E-state index is 12.4. The van der Waals surface area contributed by atoms with Gasteiger partial charge in [0, 0.05) is 25.1 Å². The zero-order valence-electron chi connectivity index (χ0n) is 18.0. The minimum Gasteiger partial charge on any atom is -0.478 e. The molecule has 0 bridgehead atoms. The van der Waals surface area contributed by atoms with Gasteiger partial charge in [-0.3, -0.25) is 4.79 Å². The first-order valence-electron chi connectivity index (χ1n) is 10.2. The SMILES string of the molecule is COCC(NC(=O)OCC1c2ccccc2-c2ccccc21)C(=O)NC/C=C(\C)C(=O)O. The minimum absolute atomic E-state index is 0.0174. The van der Waals surface area contributed by atoms with Crippen LogP contribution in [0, 0.1) is 0 Å². The number of carbonyl (C=O) groups excluding carboxylic acids is 2. The van der Waals surface area contributed by atoms with Gasteiger partial charge >= 0.3 is 12.1 Å². The molecule has 1 aliphatic rings. The summed E-state index contributed by atoms with van der Waals surface area (Å²) in [4.78, 5) is 35.6. The van der Waals surface area contributed by atoms with Gasteiger partial charge in [-0.25, -0.2) is 9.59 Å². The van der Waals surface area contributed by atoms with E-state index in [2.05, 4.69) is 10.6 Å². The Labute approximate surface area is 186 Å². The van der Waals surface area contributed by atoms with E-state index in [-0.39, 0.29) is 31.2 Å². The van der Waals surface area contributed by atoms with Gasteiger partial charge in [-0.2, -0.15) is 0 Å². The van der Waals surface area contributed by atoms with Crippen LogP contribution in [0.15, 0.2) is 60.2 Å². The van der Waals surface area contributed by atoms with E-state index < -0.39 is 24.0 Å². The zero-order chi connectivity index (χ0) is 23.1. The van der Waals surface area contributed by atoms with Crippen LogP contribution in [0.4, 0.5) is 4.79 Å². The van der Waals surface area contributed by atoms with Gasteiger partial charge in [0.15, 0.2) is 0 Å². The number of hydrogen-bond donors (Lipinski definition) is 3. The van der Waals surface area contributed by atoms with Crippen LogP contribution in [-0.4, -0.2) is 56.0 Å². The number of carboxylic acid groups (broad SMARTS) is 1. The topological polar surface area (TPSA) is 114 Å². The highest BCUT2D eigenvalue weighted by Crippen LogP contribution is 2.44. The third kappa shape index (κ3) is 5.33. The number of rotatable bonds is 9. The van der Waals surface area contributed by atoms with Crippen molar-refractivity contribution < 1.29 is 29.0 Å². The molecule has 3 N–H and O–H groups in total. The summed E-state index contributed by atoms with van der Waals surface area (Å²) < 4.78 is 10.5. The largest absolute Gasteiger partial charge is 0.478 e. The van der Waals surface area contributed by atoms with E-state index in [9.17, 15) is 14.4 Å². The molecule has 8 heteroatoms. The fraction of sp³-hybridized carbons (Fsp3) is 0.292. The van der Waals surface area contributed by atoms with E-state index in [4.69, 9.17) is 14.6 Å². The lowest BCUT2D eigenvalue weighted by Crippen LogP contribution is -2.49. The Bertz CT molecular complexity index is 987. The van der Waals surface area contributed by atoms with Crippen LogP contribution in [-0.2, 0) is 19.1 Å². The molecule has 3 rings (SSSR count).